The molecule has 0 radical (unpaired) electrons. The van der Waals surface area contributed by atoms with Crippen LogP contribution < -0.4 is 10.1 Å². The second-order valence-corrected chi connectivity index (χ2v) is 8.81. The monoisotopic (exact) mass is 448 g/mol. The molecule has 1 N–H and O–H groups in total. The average Bonchev–Trinajstić information content (AvgIpc) is 2.75. The molecule has 0 atom stereocenters. The van der Waals surface area contributed by atoms with Crippen molar-refractivity contribution in [3.8, 4) is 5.75 Å². The summed E-state index contributed by atoms with van der Waals surface area (Å²) in [6, 6.07) is 4.36. The number of hydrogen-bond acceptors (Lipinski definition) is 4. The number of rotatable bonds is 20. The van der Waals surface area contributed by atoms with Gasteiger partial charge in [0, 0.05) is 19.1 Å². The Kier molecular flexibility index (Phi) is 16.1. The lowest BCUT2D eigenvalue weighted by molar-refractivity contribution is -0.384. The van der Waals surface area contributed by atoms with Crippen LogP contribution in [-0.2, 0) is 4.79 Å². The molecule has 0 aromatic heterocycles. The highest BCUT2D eigenvalue weighted by Crippen LogP contribution is 2.26. The maximum absolute atomic E-state index is 11.2. The van der Waals surface area contributed by atoms with E-state index in [9.17, 15) is 14.9 Å². The lowest BCUT2D eigenvalue weighted by Gasteiger charge is -2.09. The molecule has 1 aromatic carbocycles. The normalized spacial score (nSPS) is 10.8. The molecule has 0 heterocycles. The zero-order valence-corrected chi connectivity index (χ0v) is 20.3. The Morgan fingerprint density at radius 1 is 0.812 bits per heavy atom. The van der Waals surface area contributed by atoms with E-state index in [0.29, 0.717) is 18.0 Å². The van der Waals surface area contributed by atoms with Crippen LogP contribution in [0.25, 0.3) is 0 Å². The maximum Gasteiger partial charge on any atom is 0.275 e. The number of hydrogen-bond donors (Lipinski definition) is 1. The van der Waals surface area contributed by atoms with Crippen LogP contribution >= 0.6 is 0 Å². The molecule has 32 heavy (non-hydrogen) atoms. The Hall–Kier alpha value is -2.11. The van der Waals surface area contributed by atoms with Crippen LogP contribution in [0.4, 0.5) is 11.4 Å². The Bertz CT molecular complexity index is 649. The highest BCUT2D eigenvalue weighted by molar-refractivity contribution is 5.89. The first-order chi connectivity index (χ1) is 15.5. The first kappa shape index (κ1) is 27.9. The molecule has 0 saturated heterocycles. The van der Waals surface area contributed by atoms with Crippen LogP contribution in [0.2, 0.25) is 0 Å². The summed E-state index contributed by atoms with van der Waals surface area (Å²) in [4.78, 5) is 21.8. The molecular formula is C26H44N2O4. The number of nitrogens with one attached hydrogen (secondary N) is 1. The van der Waals surface area contributed by atoms with Gasteiger partial charge in [0.05, 0.1) is 23.3 Å². The number of carbonyl (C=O) groups excluding carboxylic acids is 1. The largest absolute Gasteiger partial charge is 0.493 e. The van der Waals surface area contributed by atoms with Crippen molar-refractivity contribution >= 4 is 17.3 Å². The number of unbranched alkanes of at least 4 members (excludes halogenated alkanes) is 15. The molecule has 1 aromatic rings. The maximum atomic E-state index is 11.2. The number of amides is 1. The molecule has 6 nitrogen and oxygen atoms in total. The van der Waals surface area contributed by atoms with Gasteiger partial charge in [-0.15, -0.1) is 0 Å². The first-order valence-corrected chi connectivity index (χ1v) is 12.7. The molecule has 0 spiro atoms. The van der Waals surface area contributed by atoms with Gasteiger partial charge < -0.3 is 10.1 Å². The third-order valence-electron chi connectivity index (χ3n) is 5.69. The van der Waals surface area contributed by atoms with Crippen molar-refractivity contribution in [2.75, 3.05) is 11.9 Å². The van der Waals surface area contributed by atoms with Crippen LogP contribution in [0.3, 0.4) is 0 Å². The fraction of sp³-hybridized carbons (Fsp3) is 0.731. The van der Waals surface area contributed by atoms with E-state index in [1.165, 1.54) is 109 Å². The van der Waals surface area contributed by atoms with Crippen molar-refractivity contribution in [1.29, 1.82) is 0 Å². The fourth-order valence-corrected chi connectivity index (χ4v) is 3.89. The van der Waals surface area contributed by atoms with Gasteiger partial charge in [-0.2, -0.15) is 0 Å². The van der Waals surface area contributed by atoms with Gasteiger partial charge in [0.25, 0.3) is 5.69 Å². The molecule has 182 valence electrons. The van der Waals surface area contributed by atoms with Crippen LogP contribution in [-0.4, -0.2) is 17.4 Å². The molecule has 1 amide bonds. The minimum Gasteiger partial charge on any atom is -0.493 e. The summed E-state index contributed by atoms with van der Waals surface area (Å²) in [5.74, 6) is 0.151. The first-order valence-electron chi connectivity index (χ1n) is 12.7. The smallest absolute Gasteiger partial charge is 0.275 e. The number of nitro groups is 1. The van der Waals surface area contributed by atoms with Gasteiger partial charge in [0.1, 0.15) is 5.75 Å². The summed E-state index contributed by atoms with van der Waals surface area (Å²) in [5.41, 5.74) is 0.298. The second kappa shape index (κ2) is 18.5. The van der Waals surface area contributed by atoms with Gasteiger partial charge in [0.2, 0.25) is 5.91 Å². The van der Waals surface area contributed by atoms with E-state index in [1.54, 1.807) is 6.07 Å². The molecule has 0 aliphatic carbocycles. The number of anilines is 1. The molecule has 0 unspecified atom stereocenters. The van der Waals surface area contributed by atoms with Crippen molar-refractivity contribution in [3.05, 3.63) is 28.3 Å². The van der Waals surface area contributed by atoms with Crippen LogP contribution in [0.15, 0.2) is 18.2 Å². The lowest BCUT2D eigenvalue weighted by Crippen LogP contribution is -2.07. The van der Waals surface area contributed by atoms with Crippen molar-refractivity contribution in [3.63, 3.8) is 0 Å². The summed E-state index contributed by atoms with van der Waals surface area (Å²) in [7, 11) is 0. The van der Waals surface area contributed by atoms with Crippen LogP contribution in [0, 0.1) is 10.1 Å². The van der Waals surface area contributed by atoms with E-state index in [2.05, 4.69) is 12.2 Å². The van der Waals surface area contributed by atoms with E-state index in [0.717, 1.165) is 12.8 Å². The molecule has 6 heteroatoms. The van der Waals surface area contributed by atoms with Crippen LogP contribution in [0.5, 0.6) is 5.75 Å². The standard InChI is InChI=1S/C26H44N2O4/c1-3-4-5-6-7-8-9-10-11-12-13-14-15-16-17-18-19-32-26-21-24(27-23(2)29)20-25(22-26)28(30)31/h20-22H,3-19H2,1-2H3,(H,27,29). The van der Waals surface area contributed by atoms with E-state index >= 15 is 0 Å². The Morgan fingerprint density at radius 3 is 1.72 bits per heavy atom. The molecule has 0 aliphatic heterocycles. The quantitative estimate of drug-likeness (QED) is 0.124. The summed E-state index contributed by atoms with van der Waals surface area (Å²) in [5, 5.41) is 13.6. The van der Waals surface area contributed by atoms with Crippen molar-refractivity contribution in [2.45, 2.75) is 117 Å². The van der Waals surface area contributed by atoms with Crippen molar-refractivity contribution in [1.82, 2.24) is 0 Å². The Morgan fingerprint density at radius 2 is 1.28 bits per heavy atom. The average molecular weight is 449 g/mol. The fourth-order valence-electron chi connectivity index (χ4n) is 3.89. The zero-order chi connectivity index (χ0) is 23.4. The molecule has 0 fully saturated rings. The van der Waals surface area contributed by atoms with Crippen LogP contribution in [0.1, 0.15) is 117 Å². The van der Waals surface area contributed by atoms with E-state index < -0.39 is 4.92 Å². The van der Waals surface area contributed by atoms with Gasteiger partial charge in [-0.1, -0.05) is 103 Å². The number of ether oxygens (including phenoxy) is 1. The van der Waals surface area contributed by atoms with Gasteiger partial charge in [-0.25, -0.2) is 0 Å². The van der Waals surface area contributed by atoms with E-state index in [4.69, 9.17) is 4.74 Å². The molecular weight excluding hydrogens is 404 g/mol. The van der Waals surface area contributed by atoms with Gasteiger partial charge in [-0.3, -0.25) is 14.9 Å². The third kappa shape index (κ3) is 14.8. The number of nitro benzene ring substituents is 1. The Labute approximate surface area is 194 Å². The summed E-state index contributed by atoms with van der Waals surface area (Å²) in [6.45, 7) is 4.17. The van der Waals surface area contributed by atoms with E-state index in [-0.39, 0.29) is 11.6 Å². The predicted molar refractivity (Wildman–Crippen MR) is 132 cm³/mol. The molecule has 1 rings (SSSR count). The SMILES string of the molecule is CCCCCCCCCCCCCCCCCCOc1cc(NC(C)=O)cc([N+](=O)[O-])c1. The Balaban J connectivity index is 2.00. The number of carbonyl (C=O) groups is 1. The topological polar surface area (TPSA) is 81.5 Å². The highest BCUT2D eigenvalue weighted by Gasteiger charge is 2.11. The van der Waals surface area contributed by atoms with E-state index in [1.807, 2.05) is 0 Å². The molecule has 0 aliphatic rings. The zero-order valence-electron chi connectivity index (χ0n) is 20.3. The van der Waals surface area contributed by atoms with Crippen molar-refractivity contribution in [2.24, 2.45) is 0 Å². The summed E-state index contributed by atoms with van der Waals surface area (Å²) < 4.78 is 5.68. The molecule has 0 saturated carbocycles. The number of benzene rings is 1. The van der Waals surface area contributed by atoms with Crippen molar-refractivity contribution < 1.29 is 14.5 Å². The van der Waals surface area contributed by atoms with Gasteiger partial charge in [-0.05, 0) is 6.42 Å². The second-order valence-electron chi connectivity index (χ2n) is 8.81. The lowest BCUT2D eigenvalue weighted by atomic mass is 10.0. The molecule has 0 bridgehead atoms. The van der Waals surface area contributed by atoms with Gasteiger partial charge >= 0.3 is 0 Å². The number of nitrogens with zero attached hydrogens (tertiary/aromatic N) is 1. The minimum absolute atomic E-state index is 0.0850. The number of non-ortho nitro benzene ring substituents is 1. The summed E-state index contributed by atoms with van der Waals surface area (Å²) in [6.07, 6.45) is 21.1. The van der Waals surface area contributed by atoms with Gasteiger partial charge in [0.15, 0.2) is 0 Å². The highest BCUT2D eigenvalue weighted by atomic mass is 16.6. The predicted octanol–water partition coefficient (Wildman–Crippen LogP) is 8.19. The third-order valence-corrected chi connectivity index (χ3v) is 5.69. The summed E-state index contributed by atoms with van der Waals surface area (Å²) >= 11 is 0. The minimum atomic E-state index is -0.479.